The highest BCUT2D eigenvalue weighted by molar-refractivity contribution is 4.79. The molecule has 0 radical (unpaired) electrons. The topological polar surface area (TPSA) is 38.0 Å². The van der Waals surface area contributed by atoms with Crippen LogP contribution in [0.3, 0.4) is 0 Å². The molecule has 2 nitrogen and oxygen atoms in total. The molecule has 1 aliphatic carbocycles. The van der Waals surface area contributed by atoms with Crippen molar-refractivity contribution in [2.24, 2.45) is 17.7 Å². The van der Waals surface area contributed by atoms with E-state index in [1.165, 1.54) is 70.6 Å². The van der Waals surface area contributed by atoms with Crippen LogP contribution in [0.25, 0.3) is 0 Å². The molecule has 0 aromatic rings. The van der Waals surface area contributed by atoms with Crippen molar-refractivity contribution in [1.29, 1.82) is 0 Å². The highest BCUT2D eigenvalue weighted by Gasteiger charge is 2.24. The van der Waals surface area contributed by atoms with Crippen LogP contribution in [-0.2, 0) is 0 Å². The standard InChI is InChI=1S/C16H34N2/c1-3-4-5-6-7-8-9-16(18-17)15-12-10-14(2)11-13-15/h14-16,18H,3-13,17H2,1-2H3. The molecular formula is C16H34N2. The van der Waals surface area contributed by atoms with Crippen molar-refractivity contribution in [3.63, 3.8) is 0 Å². The van der Waals surface area contributed by atoms with E-state index in [0.29, 0.717) is 6.04 Å². The Morgan fingerprint density at radius 3 is 2.22 bits per heavy atom. The van der Waals surface area contributed by atoms with Gasteiger partial charge in [-0.15, -0.1) is 0 Å². The molecule has 0 saturated heterocycles. The Bertz CT molecular complexity index is 186. The van der Waals surface area contributed by atoms with Gasteiger partial charge in [-0.2, -0.15) is 0 Å². The molecule has 2 heteroatoms. The van der Waals surface area contributed by atoms with E-state index in [2.05, 4.69) is 19.3 Å². The highest BCUT2D eigenvalue weighted by atomic mass is 15.2. The fourth-order valence-corrected chi connectivity index (χ4v) is 3.29. The van der Waals surface area contributed by atoms with Crippen molar-refractivity contribution in [1.82, 2.24) is 5.43 Å². The maximum Gasteiger partial charge on any atom is 0.0238 e. The molecule has 3 N–H and O–H groups in total. The van der Waals surface area contributed by atoms with Crippen molar-refractivity contribution < 1.29 is 0 Å². The van der Waals surface area contributed by atoms with Crippen LogP contribution in [0, 0.1) is 11.8 Å². The van der Waals surface area contributed by atoms with Crippen molar-refractivity contribution in [2.45, 2.75) is 90.5 Å². The van der Waals surface area contributed by atoms with Gasteiger partial charge in [0.2, 0.25) is 0 Å². The van der Waals surface area contributed by atoms with Crippen molar-refractivity contribution in [3.8, 4) is 0 Å². The van der Waals surface area contributed by atoms with Gasteiger partial charge in [-0.3, -0.25) is 11.3 Å². The van der Waals surface area contributed by atoms with Gasteiger partial charge < -0.3 is 0 Å². The van der Waals surface area contributed by atoms with E-state index in [-0.39, 0.29) is 0 Å². The first kappa shape index (κ1) is 16.0. The molecule has 0 amide bonds. The van der Waals surface area contributed by atoms with Crippen LogP contribution in [0.2, 0.25) is 0 Å². The van der Waals surface area contributed by atoms with Gasteiger partial charge in [0, 0.05) is 6.04 Å². The van der Waals surface area contributed by atoms with Crippen LogP contribution in [0.15, 0.2) is 0 Å². The van der Waals surface area contributed by atoms with Crippen molar-refractivity contribution >= 4 is 0 Å². The second-order valence-corrected chi connectivity index (χ2v) is 6.35. The number of rotatable bonds is 9. The normalized spacial score (nSPS) is 26.2. The molecule has 1 aliphatic rings. The van der Waals surface area contributed by atoms with Crippen LogP contribution in [-0.4, -0.2) is 6.04 Å². The van der Waals surface area contributed by atoms with Gasteiger partial charge in [-0.05, 0) is 31.1 Å². The summed E-state index contributed by atoms with van der Waals surface area (Å²) in [6.07, 6.45) is 15.2. The van der Waals surface area contributed by atoms with Gasteiger partial charge in [0.1, 0.15) is 0 Å². The summed E-state index contributed by atoms with van der Waals surface area (Å²) in [7, 11) is 0. The third-order valence-corrected chi connectivity index (χ3v) is 4.71. The van der Waals surface area contributed by atoms with Crippen molar-refractivity contribution in [3.05, 3.63) is 0 Å². The monoisotopic (exact) mass is 254 g/mol. The molecular weight excluding hydrogens is 220 g/mol. The number of nitrogens with two attached hydrogens (primary N) is 1. The molecule has 1 fully saturated rings. The second-order valence-electron chi connectivity index (χ2n) is 6.35. The van der Waals surface area contributed by atoms with Crippen LogP contribution in [0.5, 0.6) is 0 Å². The summed E-state index contributed by atoms with van der Waals surface area (Å²) >= 11 is 0. The quantitative estimate of drug-likeness (QED) is 0.364. The molecule has 1 rings (SSSR count). The van der Waals surface area contributed by atoms with Crippen LogP contribution in [0.4, 0.5) is 0 Å². The van der Waals surface area contributed by atoms with E-state index >= 15 is 0 Å². The van der Waals surface area contributed by atoms with Gasteiger partial charge >= 0.3 is 0 Å². The minimum absolute atomic E-state index is 0.573. The van der Waals surface area contributed by atoms with E-state index in [1.807, 2.05) is 0 Å². The summed E-state index contributed by atoms with van der Waals surface area (Å²) in [5.41, 5.74) is 3.09. The molecule has 1 atom stereocenters. The summed E-state index contributed by atoms with van der Waals surface area (Å²) in [6, 6.07) is 0.573. The average Bonchev–Trinajstić information content (AvgIpc) is 2.39. The molecule has 0 heterocycles. The van der Waals surface area contributed by atoms with Gasteiger partial charge in [0.25, 0.3) is 0 Å². The molecule has 0 aliphatic heterocycles. The summed E-state index contributed by atoms with van der Waals surface area (Å²) in [6.45, 7) is 4.66. The summed E-state index contributed by atoms with van der Waals surface area (Å²) in [5.74, 6) is 7.52. The summed E-state index contributed by atoms with van der Waals surface area (Å²) in [4.78, 5) is 0. The SMILES string of the molecule is CCCCCCCCC(NN)C1CCC(C)CC1. The fraction of sp³-hybridized carbons (Fsp3) is 1.00. The molecule has 0 aromatic heterocycles. The molecule has 1 unspecified atom stereocenters. The molecule has 1 saturated carbocycles. The number of hydrazine groups is 1. The van der Waals surface area contributed by atoms with E-state index in [4.69, 9.17) is 5.84 Å². The maximum absolute atomic E-state index is 5.75. The van der Waals surface area contributed by atoms with Crippen molar-refractivity contribution in [2.75, 3.05) is 0 Å². The zero-order chi connectivity index (χ0) is 13.2. The van der Waals surface area contributed by atoms with Gasteiger partial charge in [-0.25, -0.2) is 0 Å². The highest BCUT2D eigenvalue weighted by Crippen LogP contribution is 2.31. The first-order valence-corrected chi connectivity index (χ1v) is 8.24. The predicted molar refractivity (Wildman–Crippen MR) is 80.2 cm³/mol. The van der Waals surface area contributed by atoms with E-state index in [1.54, 1.807) is 0 Å². The fourth-order valence-electron chi connectivity index (χ4n) is 3.29. The van der Waals surface area contributed by atoms with Crippen LogP contribution >= 0.6 is 0 Å². The Morgan fingerprint density at radius 2 is 1.61 bits per heavy atom. The smallest absolute Gasteiger partial charge is 0.0238 e. The van der Waals surface area contributed by atoms with Crippen LogP contribution in [0.1, 0.15) is 84.5 Å². The minimum atomic E-state index is 0.573. The third kappa shape index (κ3) is 6.19. The lowest BCUT2D eigenvalue weighted by Crippen LogP contribution is -2.42. The largest absolute Gasteiger partial charge is 0.271 e. The lowest BCUT2D eigenvalue weighted by Gasteiger charge is -2.32. The molecule has 0 spiro atoms. The first-order valence-electron chi connectivity index (χ1n) is 8.24. The number of nitrogens with one attached hydrogen (secondary N) is 1. The molecule has 18 heavy (non-hydrogen) atoms. The third-order valence-electron chi connectivity index (χ3n) is 4.71. The lowest BCUT2D eigenvalue weighted by molar-refractivity contribution is 0.220. The maximum atomic E-state index is 5.75. The Hall–Kier alpha value is -0.0800. The van der Waals surface area contributed by atoms with Gasteiger partial charge in [0.05, 0.1) is 0 Å². The summed E-state index contributed by atoms with van der Waals surface area (Å²) in [5, 5.41) is 0. The first-order chi connectivity index (χ1) is 8.77. The Kier molecular flexibility index (Phi) is 8.70. The number of hydrogen-bond acceptors (Lipinski definition) is 2. The number of unbranched alkanes of at least 4 members (excludes halogenated alkanes) is 5. The lowest BCUT2D eigenvalue weighted by atomic mass is 9.78. The van der Waals surface area contributed by atoms with Gasteiger partial charge in [-0.1, -0.05) is 65.2 Å². The number of hydrogen-bond donors (Lipinski definition) is 2. The molecule has 108 valence electrons. The second kappa shape index (κ2) is 9.80. The minimum Gasteiger partial charge on any atom is -0.271 e. The Labute approximate surface area is 114 Å². The van der Waals surface area contributed by atoms with E-state index < -0.39 is 0 Å². The Balaban J connectivity index is 2.09. The molecule has 0 aromatic carbocycles. The van der Waals surface area contributed by atoms with E-state index in [9.17, 15) is 0 Å². The zero-order valence-electron chi connectivity index (χ0n) is 12.6. The zero-order valence-corrected chi connectivity index (χ0v) is 12.6. The molecule has 0 bridgehead atoms. The summed E-state index contributed by atoms with van der Waals surface area (Å²) < 4.78 is 0. The van der Waals surface area contributed by atoms with E-state index in [0.717, 1.165) is 11.8 Å². The Morgan fingerprint density at radius 1 is 1.00 bits per heavy atom. The van der Waals surface area contributed by atoms with Gasteiger partial charge in [0.15, 0.2) is 0 Å². The average molecular weight is 254 g/mol. The van der Waals surface area contributed by atoms with Crippen LogP contribution < -0.4 is 11.3 Å². The predicted octanol–water partition coefficient (Wildman–Crippen LogP) is 4.40.